The van der Waals surface area contributed by atoms with E-state index in [0.29, 0.717) is 21.5 Å². The zero-order valence-electron chi connectivity index (χ0n) is 19.3. The van der Waals surface area contributed by atoms with E-state index in [-0.39, 0.29) is 17.7 Å². The molecule has 0 spiro atoms. The summed E-state index contributed by atoms with van der Waals surface area (Å²) in [5.41, 5.74) is 2.43. The van der Waals surface area contributed by atoms with Crippen molar-refractivity contribution in [2.45, 2.75) is 64.1 Å². The lowest BCUT2D eigenvalue weighted by Gasteiger charge is -2.13. The van der Waals surface area contributed by atoms with Crippen LogP contribution in [0.25, 0.3) is 11.4 Å². The van der Waals surface area contributed by atoms with Gasteiger partial charge >= 0.3 is 5.97 Å². The van der Waals surface area contributed by atoms with E-state index in [0.717, 1.165) is 49.0 Å². The second kappa shape index (κ2) is 10.1. The second-order valence-corrected chi connectivity index (χ2v) is 10.3. The Balaban J connectivity index is 1.51. The van der Waals surface area contributed by atoms with Gasteiger partial charge in [-0.15, -0.1) is 21.5 Å². The summed E-state index contributed by atoms with van der Waals surface area (Å²) in [5.74, 6) is 1.05. The highest BCUT2D eigenvalue weighted by atomic mass is 32.2. The van der Waals surface area contributed by atoms with Gasteiger partial charge < -0.3 is 14.5 Å². The Morgan fingerprint density at radius 3 is 2.76 bits per heavy atom. The number of amides is 1. The van der Waals surface area contributed by atoms with Crippen molar-refractivity contribution in [1.82, 2.24) is 14.8 Å². The number of thioether (sulfide) groups is 1. The molecule has 0 radical (unpaired) electrons. The van der Waals surface area contributed by atoms with Crippen molar-refractivity contribution in [1.29, 1.82) is 0 Å². The number of hydrogen-bond acceptors (Lipinski definition) is 8. The van der Waals surface area contributed by atoms with Crippen LogP contribution in [-0.4, -0.2) is 39.5 Å². The number of rotatable bonds is 7. The highest BCUT2D eigenvalue weighted by Crippen LogP contribution is 2.38. The van der Waals surface area contributed by atoms with Crippen LogP contribution in [-0.2, 0) is 22.4 Å². The highest BCUT2D eigenvalue weighted by molar-refractivity contribution is 7.99. The number of thiophene rings is 1. The first-order chi connectivity index (χ1) is 15.9. The van der Waals surface area contributed by atoms with Gasteiger partial charge in [0.25, 0.3) is 0 Å². The van der Waals surface area contributed by atoms with Gasteiger partial charge in [0.1, 0.15) is 10.8 Å². The first-order valence-electron chi connectivity index (χ1n) is 11.1. The van der Waals surface area contributed by atoms with Crippen molar-refractivity contribution in [2.75, 3.05) is 18.2 Å². The summed E-state index contributed by atoms with van der Waals surface area (Å²) in [6.45, 7) is 5.98. The minimum Gasteiger partial charge on any atom is -0.469 e. The van der Waals surface area contributed by atoms with Gasteiger partial charge in [-0.05, 0) is 58.1 Å². The van der Waals surface area contributed by atoms with Crippen LogP contribution in [0, 0.1) is 6.92 Å². The van der Waals surface area contributed by atoms with E-state index in [2.05, 4.69) is 15.5 Å². The van der Waals surface area contributed by atoms with E-state index in [1.807, 2.05) is 31.4 Å². The van der Waals surface area contributed by atoms with E-state index in [4.69, 9.17) is 9.15 Å². The number of carbonyl (C=O) groups excluding carboxylic acids is 2. The van der Waals surface area contributed by atoms with E-state index < -0.39 is 5.97 Å². The lowest BCUT2D eigenvalue weighted by Crippen LogP contribution is -2.17. The summed E-state index contributed by atoms with van der Waals surface area (Å²) in [4.78, 5) is 26.5. The summed E-state index contributed by atoms with van der Waals surface area (Å²) < 4.78 is 12.4. The van der Waals surface area contributed by atoms with Crippen LogP contribution in [0.4, 0.5) is 5.00 Å². The minimum absolute atomic E-state index is 0.105. The average Bonchev–Trinajstić information content (AvgIpc) is 3.44. The number of aryl methyl sites for hydroxylation is 2. The van der Waals surface area contributed by atoms with Gasteiger partial charge in [-0.3, -0.25) is 9.36 Å². The van der Waals surface area contributed by atoms with Crippen molar-refractivity contribution < 1.29 is 18.7 Å². The fraction of sp³-hybridized carbons (Fsp3) is 0.478. The summed E-state index contributed by atoms with van der Waals surface area (Å²) in [6, 6.07) is 1.97. The zero-order valence-corrected chi connectivity index (χ0v) is 20.9. The third-order valence-corrected chi connectivity index (χ3v) is 7.83. The zero-order chi connectivity index (χ0) is 23.5. The Morgan fingerprint density at radius 2 is 2.06 bits per heavy atom. The molecule has 33 heavy (non-hydrogen) atoms. The van der Waals surface area contributed by atoms with Gasteiger partial charge in [0, 0.05) is 10.9 Å². The molecule has 0 saturated heterocycles. The van der Waals surface area contributed by atoms with Gasteiger partial charge in [-0.1, -0.05) is 18.2 Å². The molecule has 3 heterocycles. The van der Waals surface area contributed by atoms with Crippen molar-refractivity contribution in [2.24, 2.45) is 0 Å². The number of hydrogen-bond donors (Lipinski definition) is 1. The predicted octanol–water partition coefficient (Wildman–Crippen LogP) is 5.28. The topological polar surface area (TPSA) is 99.2 Å². The number of ether oxygens (including phenoxy) is 1. The number of carbonyl (C=O) groups is 2. The predicted molar refractivity (Wildman–Crippen MR) is 129 cm³/mol. The molecule has 1 amide bonds. The molecule has 0 fully saturated rings. The highest BCUT2D eigenvalue weighted by Gasteiger charge is 2.27. The first-order valence-corrected chi connectivity index (χ1v) is 12.9. The number of furan rings is 1. The molecule has 4 rings (SSSR count). The largest absolute Gasteiger partial charge is 0.469 e. The molecule has 10 heteroatoms. The Hall–Kier alpha value is -2.59. The fourth-order valence-electron chi connectivity index (χ4n) is 4.08. The molecule has 0 aromatic carbocycles. The van der Waals surface area contributed by atoms with Crippen LogP contribution in [0.2, 0.25) is 0 Å². The summed E-state index contributed by atoms with van der Waals surface area (Å²) in [5, 5.41) is 12.9. The summed E-state index contributed by atoms with van der Waals surface area (Å²) in [6.07, 6.45) is 6.70. The quantitative estimate of drug-likeness (QED) is 0.274. The summed E-state index contributed by atoms with van der Waals surface area (Å²) >= 11 is 2.82. The Bertz CT molecular complexity index is 1160. The van der Waals surface area contributed by atoms with E-state index in [1.165, 1.54) is 35.1 Å². The molecule has 0 unspecified atom stereocenters. The van der Waals surface area contributed by atoms with Crippen molar-refractivity contribution in [3.8, 4) is 11.4 Å². The Morgan fingerprint density at radius 1 is 1.27 bits per heavy atom. The molecule has 1 N–H and O–H groups in total. The number of aromatic nitrogens is 3. The molecule has 0 aliphatic heterocycles. The SMILES string of the molecule is COC(=O)c1c(NC(=O)CSc2nnc(-c3ccoc3C)n2C(C)C)sc2c1CCCCC2. The molecule has 3 aromatic heterocycles. The number of nitrogens with one attached hydrogen (secondary N) is 1. The number of esters is 1. The van der Waals surface area contributed by atoms with Gasteiger partial charge in [0.15, 0.2) is 11.0 Å². The lowest BCUT2D eigenvalue weighted by atomic mass is 10.1. The van der Waals surface area contributed by atoms with Crippen LogP contribution >= 0.6 is 23.1 Å². The van der Waals surface area contributed by atoms with Crippen LogP contribution in [0.3, 0.4) is 0 Å². The maximum atomic E-state index is 12.9. The molecule has 8 nitrogen and oxygen atoms in total. The van der Waals surface area contributed by atoms with Gasteiger partial charge in [-0.25, -0.2) is 4.79 Å². The number of nitrogens with zero attached hydrogens (tertiary/aromatic N) is 3. The van der Waals surface area contributed by atoms with Gasteiger partial charge in [-0.2, -0.15) is 0 Å². The third-order valence-electron chi connectivity index (χ3n) is 5.68. The Labute approximate surface area is 201 Å². The fourth-order valence-corrected chi connectivity index (χ4v) is 6.24. The van der Waals surface area contributed by atoms with Crippen molar-refractivity contribution in [3.63, 3.8) is 0 Å². The van der Waals surface area contributed by atoms with Crippen LogP contribution in [0.15, 0.2) is 21.9 Å². The smallest absolute Gasteiger partial charge is 0.341 e. The lowest BCUT2D eigenvalue weighted by molar-refractivity contribution is -0.113. The molecule has 1 aliphatic rings. The standard InChI is InChI=1S/C23H28N4O4S2/c1-13(2)27-20(15-10-11-31-14(15)3)25-26-23(27)32-12-18(28)24-21-19(22(29)30-4)16-8-6-5-7-9-17(16)33-21/h10-11,13H,5-9,12H2,1-4H3,(H,24,28). The van der Waals surface area contributed by atoms with Gasteiger partial charge in [0.05, 0.1) is 30.3 Å². The van der Waals surface area contributed by atoms with Crippen LogP contribution in [0.1, 0.15) is 65.7 Å². The normalized spacial score (nSPS) is 13.6. The number of anilines is 1. The average molecular weight is 489 g/mol. The van der Waals surface area contributed by atoms with Crippen LogP contribution < -0.4 is 5.32 Å². The van der Waals surface area contributed by atoms with Crippen LogP contribution in [0.5, 0.6) is 0 Å². The molecular formula is C23H28N4O4S2. The number of fused-ring (bicyclic) bond motifs is 1. The van der Waals surface area contributed by atoms with Crippen molar-refractivity contribution >= 4 is 40.0 Å². The molecule has 0 atom stereocenters. The molecule has 1 aliphatic carbocycles. The third kappa shape index (κ3) is 4.86. The molecule has 0 saturated carbocycles. The molecule has 0 bridgehead atoms. The van der Waals surface area contributed by atoms with E-state index >= 15 is 0 Å². The van der Waals surface area contributed by atoms with Crippen molar-refractivity contribution in [3.05, 3.63) is 34.1 Å². The van der Waals surface area contributed by atoms with E-state index in [1.54, 1.807) is 6.26 Å². The number of methoxy groups -OCH3 is 1. The second-order valence-electron chi connectivity index (χ2n) is 8.26. The summed E-state index contributed by atoms with van der Waals surface area (Å²) in [7, 11) is 1.38. The molecular weight excluding hydrogens is 460 g/mol. The van der Waals surface area contributed by atoms with Gasteiger partial charge in [0.2, 0.25) is 5.91 Å². The monoisotopic (exact) mass is 488 g/mol. The minimum atomic E-state index is -0.392. The first kappa shape index (κ1) is 23.6. The maximum absolute atomic E-state index is 12.9. The Kier molecular flexibility index (Phi) is 7.23. The molecule has 3 aromatic rings. The maximum Gasteiger partial charge on any atom is 0.341 e. The molecule has 176 valence electrons. The van der Waals surface area contributed by atoms with E-state index in [9.17, 15) is 9.59 Å².